The second-order valence-electron chi connectivity index (χ2n) is 5.39. The van der Waals surface area contributed by atoms with Crippen LogP contribution in [-0.2, 0) is 10.0 Å². The van der Waals surface area contributed by atoms with Crippen molar-refractivity contribution in [2.75, 3.05) is 0 Å². The minimum absolute atomic E-state index is 0.0744. The Morgan fingerprint density at radius 3 is 2.48 bits per heavy atom. The molecule has 0 bridgehead atoms. The third-order valence-corrected chi connectivity index (χ3v) is 5.42. The summed E-state index contributed by atoms with van der Waals surface area (Å²) in [5, 5.41) is 7.41. The minimum Gasteiger partial charge on any atom is -0.300 e. The number of aromatic amines is 1. The number of nitrogens with one attached hydrogen (secondary N) is 2. The molecule has 0 unspecified atom stereocenters. The monoisotopic (exact) mass is 374 g/mol. The molecule has 0 aliphatic carbocycles. The molecule has 126 valence electrons. The summed E-state index contributed by atoms with van der Waals surface area (Å²) in [5.41, 5.74) is 0. The Bertz CT molecular complexity index is 825. The van der Waals surface area contributed by atoms with Crippen LogP contribution in [0.3, 0.4) is 0 Å². The molecule has 0 aliphatic heterocycles. The largest absolute Gasteiger partial charge is 0.300 e. The molecule has 0 saturated heterocycles. The lowest BCUT2D eigenvalue weighted by Gasteiger charge is -2.19. The molecule has 0 amide bonds. The van der Waals surface area contributed by atoms with Crippen LogP contribution in [0.1, 0.15) is 45.1 Å². The number of aromatic nitrogens is 3. The molecule has 2 aromatic rings. The summed E-state index contributed by atoms with van der Waals surface area (Å²) in [7, 11) is -3.68. The van der Waals surface area contributed by atoms with E-state index in [4.69, 9.17) is 23.8 Å². The van der Waals surface area contributed by atoms with Crippen LogP contribution in [0, 0.1) is 4.77 Å². The van der Waals surface area contributed by atoms with Gasteiger partial charge in [-0.1, -0.05) is 18.5 Å². The first-order chi connectivity index (χ1) is 10.8. The normalized spacial score (nSPS) is 13.4. The van der Waals surface area contributed by atoms with Gasteiger partial charge in [0, 0.05) is 11.1 Å². The Hall–Kier alpha value is -1.22. The maximum atomic E-state index is 12.5. The molecule has 0 saturated carbocycles. The van der Waals surface area contributed by atoms with Gasteiger partial charge in [0.25, 0.3) is 0 Å². The van der Waals surface area contributed by atoms with Crippen LogP contribution in [0.2, 0.25) is 5.02 Å². The predicted octanol–water partition coefficient (Wildman–Crippen LogP) is 3.60. The maximum absolute atomic E-state index is 12.5. The first-order valence-electron chi connectivity index (χ1n) is 7.21. The highest BCUT2D eigenvalue weighted by Crippen LogP contribution is 2.22. The van der Waals surface area contributed by atoms with Gasteiger partial charge in [0.05, 0.1) is 10.9 Å². The summed E-state index contributed by atoms with van der Waals surface area (Å²) in [6, 6.07) is 5.62. The van der Waals surface area contributed by atoms with Gasteiger partial charge >= 0.3 is 0 Å². The van der Waals surface area contributed by atoms with Crippen molar-refractivity contribution in [1.29, 1.82) is 0 Å². The van der Waals surface area contributed by atoms with Gasteiger partial charge in [-0.05, 0) is 56.8 Å². The van der Waals surface area contributed by atoms with E-state index in [9.17, 15) is 8.42 Å². The van der Waals surface area contributed by atoms with E-state index in [2.05, 4.69) is 14.9 Å². The molecule has 23 heavy (non-hydrogen) atoms. The average molecular weight is 375 g/mol. The van der Waals surface area contributed by atoms with Crippen LogP contribution in [-0.4, -0.2) is 23.2 Å². The van der Waals surface area contributed by atoms with Gasteiger partial charge in [0.2, 0.25) is 10.0 Å². The van der Waals surface area contributed by atoms with E-state index in [1.54, 1.807) is 12.1 Å². The third kappa shape index (κ3) is 4.00. The summed E-state index contributed by atoms with van der Waals surface area (Å²) in [4.78, 5) is 0.158. The number of hydrogen-bond acceptors (Lipinski definition) is 4. The van der Waals surface area contributed by atoms with Crippen molar-refractivity contribution in [1.82, 2.24) is 19.5 Å². The Morgan fingerprint density at radius 1 is 1.35 bits per heavy atom. The zero-order chi connectivity index (χ0) is 17.2. The second kappa shape index (κ2) is 7.12. The predicted molar refractivity (Wildman–Crippen MR) is 92.6 cm³/mol. The van der Waals surface area contributed by atoms with Gasteiger partial charge in [0.1, 0.15) is 5.82 Å². The van der Waals surface area contributed by atoms with Crippen LogP contribution in [0.4, 0.5) is 0 Å². The van der Waals surface area contributed by atoms with E-state index >= 15 is 0 Å². The van der Waals surface area contributed by atoms with E-state index in [1.807, 2.05) is 25.3 Å². The van der Waals surface area contributed by atoms with Crippen LogP contribution < -0.4 is 4.72 Å². The molecule has 0 radical (unpaired) electrons. The smallest absolute Gasteiger partial charge is 0.241 e. The quantitative estimate of drug-likeness (QED) is 0.757. The highest BCUT2D eigenvalue weighted by atomic mass is 35.5. The number of sulfonamides is 1. The Morgan fingerprint density at radius 2 is 1.96 bits per heavy atom. The Balaban J connectivity index is 2.36. The van der Waals surface area contributed by atoms with Crippen molar-refractivity contribution < 1.29 is 8.42 Å². The van der Waals surface area contributed by atoms with Crippen LogP contribution in [0.5, 0.6) is 0 Å². The highest BCUT2D eigenvalue weighted by molar-refractivity contribution is 7.89. The number of benzene rings is 1. The van der Waals surface area contributed by atoms with Gasteiger partial charge in [0.15, 0.2) is 4.77 Å². The first kappa shape index (κ1) is 18.1. The molecule has 0 aliphatic rings. The Kier molecular flexibility index (Phi) is 5.61. The zero-order valence-corrected chi connectivity index (χ0v) is 15.5. The van der Waals surface area contributed by atoms with Crippen molar-refractivity contribution in [3.05, 3.63) is 39.9 Å². The van der Waals surface area contributed by atoms with E-state index < -0.39 is 16.1 Å². The fraction of sp³-hybridized carbons (Fsp3) is 0.429. The molecule has 0 spiro atoms. The molecule has 1 aromatic carbocycles. The van der Waals surface area contributed by atoms with Crippen molar-refractivity contribution in [2.45, 2.75) is 44.2 Å². The molecule has 1 atom stereocenters. The number of nitrogens with zero attached hydrogens (tertiary/aromatic N) is 2. The van der Waals surface area contributed by atoms with E-state index in [0.717, 1.165) is 0 Å². The van der Waals surface area contributed by atoms with Gasteiger partial charge in [-0.15, -0.1) is 0 Å². The van der Waals surface area contributed by atoms with Crippen LogP contribution >= 0.6 is 23.8 Å². The van der Waals surface area contributed by atoms with Crippen molar-refractivity contribution in [3.8, 4) is 0 Å². The summed E-state index contributed by atoms with van der Waals surface area (Å²) in [5.74, 6) is 0.574. The van der Waals surface area contributed by atoms with Crippen molar-refractivity contribution >= 4 is 33.8 Å². The lowest BCUT2D eigenvalue weighted by molar-refractivity contribution is 0.487. The first-order valence-corrected chi connectivity index (χ1v) is 9.48. The molecular formula is C14H19ClN4O2S2. The topological polar surface area (TPSA) is 79.8 Å². The van der Waals surface area contributed by atoms with Gasteiger partial charge in [-0.3, -0.25) is 5.10 Å². The van der Waals surface area contributed by atoms with E-state index in [1.165, 1.54) is 12.1 Å². The second-order valence-corrected chi connectivity index (χ2v) is 7.92. The number of H-pyrrole nitrogens is 1. The Labute approximate surface area is 145 Å². The zero-order valence-electron chi connectivity index (χ0n) is 13.1. The summed E-state index contributed by atoms with van der Waals surface area (Å²) in [6.07, 6.45) is 0.541. The number of halogens is 1. The average Bonchev–Trinajstić information content (AvgIpc) is 2.87. The fourth-order valence-corrected chi connectivity index (χ4v) is 4.00. The molecule has 9 heteroatoms. The molecule has 1 heterocycles. The molecule has 2 rings (SSSR count). The standard InChI is InChI=1S/C14H19ClN4O2S2/c1-4-12(13-16-17-14(22)19(13)9(2)3)18-23(20,21)11-7-5-10(15)6-8-11/h5-9,12,18H,4H2,1-3H3,(H,17,22)/t12-/m1/s1. The minimum atomic E-state index is -3.68. The van der Waals surface area contributed by atoms with Crippen LogP contribution in [0.25, 0.3) is 0 Å². The van der Waals surface area contributed by atoms with Crippen LogP contribution in [0.15, 0.2) is 29.2 Å². The SMILES string of the molecule is CC[C@@H](NS(=O)(=O)c1ccc(Cl)cc1)c1n[nH]c(=S)n1C(C)C. The molecule has 0 fully saturated rings. The van der Waals surface area contributed by atoms with E-state index in [-0.39, 0.29) is 10.9 Å². The number of hydrogen-bond donors (Lipinski definition) is 2. The third-order valence-electron chi connectivity index (χ3n) is 3.39. The van der Waals surface area contributed by atoms with E-state index in [0.29, 0.717) is 22.0 Å². The summed E-state index contributed by atoms with van der Waals surface area (Å²) >= 11 is 11.0. The highest BCUT2D eigenvalue weighted by Gasteiger charge is 2.25. The van der Waals surface area contributed by atoms with Gasteiger partial charge in [-0.2, -0.15) is 5.10 Å². The van der Waals surface area contributed by atoms with Crippen molar-refractivity contribution in [2.24, 2.45) is 0 Å². The maximum Gasteiger partial charge on any atom is 0.241 e. The molecule has 6 nitrogen and oxygen atoms in total. The molecular weight excluding hydrogens is 356 g/mol. The van der Waals surface area contributed by atoms with Gasteiger partial charge < -0.3 is 4.57 Å². The summed E-state index contributed by atoms with van der Waals surface area (Å²) in [6.45, 7) is 5.82. The molecule has 1 aromatic heterocycles. The lowest BCUT2D eigenvalue weighted by Crippen LogP contribution is -2.30. The number of rotatable bonds is 6. The summed E-state index contributed by atoms with van der Waals surface area (Å²) < 4.78 is 30.1. The van der Waals surface area contributed by atoms with Crippen molar-refractivity contribution in [3.63, 3.8) is 0 Å². The lowest BCUT2D eigenvalue weighted by atomic mass is 10.2. The molecule has 2 N–H and O–H groups in total. The fourth-order valence-electron chi connectivity index (χ4n) is 2.25. The van der Waals surface area contributed by atoms with Gasteiger partial charge in [-0.25, -0.2) is 13.1 Å².